The van der Waals surface area contributed by atoms with E-state index in [-0.39, 0.29) is 12.1 Å². The lowest BCUT2D eigenvalue weighted by atomic mass is 10.0. The molecule has 1 atom stereocenters. The Labute approximate surface area is 203 Å². The van der Waals surface area contributed by atoms with Gasteiger partial charge >= 0.3 is 6.03 Å². The third-order valence-electron chi connectivity index (χ3n) is 5.48. The van der Waals surface area contributed by atoms with Gasteiger partial charge in [0.2, 0.25) is 0 Å². The van der Waals surface area contributed by atoms with Gasteiger partial charge in [0.15, 0.2) is 6.10 Å². The number of nitrogens with one attached hydrogen (secondary N) is 1. The molecule has 176 valence electrons. The Morgan fingerprint density at radius 1 is 1.09 bits per heavy atom. The normalized spacial score (nSPS) is 14.7. The van der Waals surface area contributed by atoms with E-state index < -0.39 is 0 Å². The van der Waals surface area contributed by atoms with Gasteiger partial charge in [-0.1, -0.05) is 53.2 Å². The van der Waals surface area contributed by atoms with Gasteiger partial charge in [-0.15, -0.1) is 0 Å². The first-order chi connectivity index (χ1) is 16.6. The highest BCUT2D eigenvalue weighted by molar-refractivity contribution is 6.30. The molecule has 0 bridgehead atoms. The average molecular weight is 480 g/mol. The molecule has 1 aliphatic heterocycles. The number of nitrogens with zero attached hydrogens (tertiary/aromatic N) is 2. The summed E-state index contributed by atoms with van der Waals surface area (Å²) in [6, 6.07) is 22.1. The van der Waals surface area contributed by atoms with Crippen LogP contribution in [0.5, 0.6) is 11.5 Å². The van der Waals surface area contributed by atoms with Crippen molar-refractivity contribution in [3.8, 4) is 11.5 Å². The minimum atomic E-state index is -0.278. The first-order valence-corrected chi connectivity index (χ1v) is 11.2. The molecule has 3 aromatic carbocycles. The Bertz CT molecular complexity index is 1170. The number of urea groups is 1. The van der Waals surface area contributed by atoms with Crippen LogP contribution in [-0.2, 0) is 11.4 Å². The van der Waals surface area contributed by atoms with Crippen molar-refractivity contribution in [2.75, 3.05) is 26.1 Å². The second-order valence-corrected chi connectivity index (χ2v) is 8.28. The predicted molar refractivity (Wildman–Crippen MR) is 133 cm³/mol. The standard InChI is InChI=1S/C26H26ClN3O4/c1-32-21-7-5-6-18(14-21)16-30(26(31)28-23-8-3-4-9-25(23)33-2)17-22-15-24(29-34-22)19-10-12-20(27)13-11-19/h3-14,22H,15-17H2,1-2H3,(H,28,31)/t22-/m1/s1. The van der Waals surface area contributed by atoms with Gasteiger partial charge < -0.3 is 24.5 Å². The van der Waals surface area contributed by atoms with Crippen molar-refractivity contribution < 1.29 is 19.1 Å². The number of rotatable bonds is 8. The second kappa shape index (κ2) is 10.9. The van der Waals surface area contributed by atoms with E-state index in [2.05, 4.69) is 10.5 Å². The number of carbonyl (C=O) groups excluding carboxylic acids is 1. The Balaban J connectivity index is 1.50. The number of halogens is 1. The van der Waals surface area contributed by atoms with Crippen LogP contribution in [0, 0.1) is 0 Å². The van der Waals surface area contributed by atoms with Crippen LogP contribution in [0.1, 0.15) is 17.5 Å². The van der Waals surface area contributed by atoms with E-state index in [1.807, 2.05) is 60.7 Å². The summed E-state index contributed by atoms with van der Waals surface area (Å²) in [6.07, 6.45) is 0.303. The van der Waals surface area contributed by atoms with E-state index in [9.17, 15) is 4.79 Å². The topological polar surface area (TPSA) is 72.4 Å². The maximum absolute atomic E-state index is 13.3. The number of hydrogen-bond acceptors (Lipinski definition) is 5. The van der Waals surface area contributed by atoms with Gasteiger partial charge in [0, 0.05) is 18.0 Å². The fourth-order valence-electron chi connectivity index (χ4n) is 3.74. The quantitative estimate of drug-likeness (QED) is 0.457. The summed E-state index contributed by atoms with van der Waals surface area (Å²) in [6.45, 7) is 0.715. The molecule has 3 aromatic rings. The van der Waals surface area contributed by atoms with Gasteiger partial charge in [0.05, 0.1) is 32.2 Å². The molecule has 7 nitrogen and oxygen atoms in total. The number of ether oxygens (including phenoxy) is 2. The molecular weight excluding hydrogens is 454 g/mol. The molecule has 1 aliphatic rings. The second-order valence-electron chi connectivity index (χ2n) is 7.84. The van der Waals surface area contributed by atoms with Crippen LogP contribution in [0.4, 0.5) is 10.5 Å². The van der Waals surface area contributed by atoms with Crippen LogP contribution in [0.3, 0.4) is 0 Å². The molecule has 0 saturated heterocycles. The third-order valence-corrected chi connectivity index (χ3v) is 5.73. The molecule has 0 unspecified atom stereocenters. The van der Waals surface area contributed by atoms with Gasteiger partial charge in [-0.3, -0.25) is 0 Å². The zero-order valence-corrected chi connectivity index (χ0v) is 19.8. The van der Waals surface area contributed by atoms with Crippen molar-refractivity contribution in [1.82, 2.24) is 4.90 Å². The van der Waals surface area contributed by atoms with Crippen LogP contribution in [0.15, 0.2) is 78.0 Å². The van der Waals surface area contributed by atoms with Crippen LogP contribution in [0.25, 0.3) is 0 Å². The van der Waals surface area contributed by atoms with Gasteiger partial charge in [0.1, 0.15) is 11.5 Å². The number of hydrogen-bond donors (Lipinski definition) is 1. The van der Waals surface area contributed by atoms with Crippen LogP contribution < -0.4 is 14.8 Å². The summed E-state index contributed by atoms with van der Waals surface area (Å²) in [5, 5.41) is 7.87. The summed E-state index contributed by atoms with van der Waals surface area (Å²) in [5.74, 6) is 1.32. The van der Waals surface area contributed by atoms with E-state index in [1.54, 1.807) is 31.3 Å². The first kappa shape index (κ1) is 23.4. The molecule has 2 amide bonds. The van der Waals surface area contributed by atoms with E-state index in [0.717, 1.165) is 22.6 Å². The van der Waals surface area contributed by atoms with Crippen LogP contribution in [-0.4, -0.2) is 43.5 Å². The largest absolute Gasteiger partial charge is 0.497 e. The lowest BCUT2D eigenvalue weighted by Crippen LogP contribution is -2.40. The van der Waals surface area contributed by atoms with E-state index in [1.165, 1.54) is 0 Å². The highest BCUT2D eigenvalue weighted by Crippen LogP contribution is 2.25. The minimum Gasteiger partial charge on any atom is -0.497 e. The summed E-state index contributed by atoms with van der Waals surface area (Å²) in [4.78, 5) is 20.7. The Morgan fingerprint density at radius 2 is 1.88 bits per heavy atom. The minimum absolute atomic E-state index is 0.268. The molecule has 0 aliphatic carbocycles. The van der Waals surface area contributed by atoms with Crippen molar-refractivity contribution in [1.29, 1.82) is 0 Å². The number of benzene rings is 3. The molecule has 0 fully saturated rings. The number of amides is 2. The summed E-state index contributed by atoms with van der Waals surface area (Å²) in [7, 11) is 3.19. The zero-order valence-electron chi connectivity index (χ0n) is 19.0. The monoisotopic (exact) mass is 479 g/mol. The van der Waals surface area contributed by atoms with Crippen molar-refractivity contribution >= 4 is 29.0 Å². The fraction of sp³-hybridized carbons (Fsp3) is 0.231. The summed E-state index contributed by atoms with van der Waals surface area (Å²) < 4.78 is 10.7. The van der Waals surface area contributed by atoms with E-state index in [4.69, 9.17) is 25.9 Å². The molecule has 1 N–H and O–H groups in total. The number of para-hydroxylation sites is 2. The first-order valence-electron chi connectivity index (χ1n) is 10.9. The molecule has 34 heavy (non-hydrogen) atoms. The number of anilines is 1. The lowest BCUT2D eigenvalue weighted by Gasteiger charge is -2.26. The molecular formula is C26H26ClN3O4. The van der Waals surface area contributed by atoms with Crippen LogP contribution >= 0.6 is 11.6 Å². The van der Waals surface area contributed by atoms with Gasteiger partial charge in [-0.05, 0) is 47.5 Å². The fourth-order valence-corrected chi connectivity index (χ4v) is 3.86. The van der Waals surface area contributed by atoms with E-state index >= 15 is 0 Å². The van der Waals surface area contributed by atoms with Crippen molar-refractivity contribution in [3.05, 3.63) is 88.9 Å². The SMILES string of the molecule is COc1cccc(CN(C[C@H]2CC(c3ccc(Cl)cc3)=NO2)C(=O)Nc2ccccc2OC)c1. The summed E-state index contributed by atoms with van der Waals surface area (Å²) >= 11 is 6.00. The number of oxime groups is 1. The van der Waals surface area contributed by atoms with Gasteiger partial charge in [-0.25, -0.2) is 4.79 Å². The van der Waals surface area contributed by atoms with E-state index in [0.29, 0.717) is 36.0 Å². The highest BCUT2D eigenvalue weighted by atomic mass is 35.5. The smallest absolute Gasteiger partial charge is 0.322 e. The molecule has 0 spiro atoms. The van der Waals surface area contributed by atoms with Gasteiger partial charge in [0.25, 0.3) is 0 Å². The Morgan fingerprint density at radius 3 is 2.65 bits per heavy atom. The van der Waals surface area contributed by atoms with Gasteiger partial charge in [-0.2, -0.15) is 0 Å². The molecule has 4 rings (SSSR count). The van der Waals surface area contributed by atoms with Crippen LogP contribution in [0.2, 0.25) is 5.02 Å². The third kappa shape index (κ3) is 5.80. The summed E-state index contributed by atoms with van der Waals surface area (Å²) in [5.41, 5.74) is 3.31. The maximum atomic E-state index is 13.3. The number of methoxy groups -OCH3 is 2. The number of carbonyl (C=O) groups is 1. The van der Waals surface area contributed by atoms with Crippen molar-refractivity contribution in [2.45, 2.75) is 19.1 Å². The molecule has 0 saturated carbocycles. The zero-order chi connectivity index (χ0) is 23.9. The van der Waals surface area contributed by atoms with Crippen molar-refractivity contribution in [2.24, 2.45) is 5.16 Å². The Hall–Kier alpha value is -3.71. The molecule has 0 aromatic heterocycles. The molecule has 0 radical (unpaired) electrons. The molecule has 8 heteroatoms. The lowest BCUT2D eigenvalue weighted by molar-refractivity contribution is 0.0608. The van der Waals surface area contributed by atoms with Crippen molar-refractivity contribution in [3.63, 3.8) is 0 Å². The predicted octanol–water partition coefficient (Wildman–Crippen LogP) is 5.58. The highest BCUT2D eigenvalue weighted by Gasteiger charge is 2.27. The Kier molecular flexibility index (Phi) is 7.54. The maximum Gasteiger partial charge on any atom is 0.322 e. The molecule has 1 heterocycles. The average Bonchev–Trinajstić information content (AvgIpc) is 3.33.